The third kappa shape index (κ3) is 4.33. The standard InChI is InChI=1S/C20H18F3N5OS/c21-20(22,23)15-6-3-7-16(11-15)28-18(14-5-4-8-24-12-14)25-26-19(28)30-13-17(29)27-9-1-2-10-27/h3-8,11-12H,1-2,9-10,13H2. The molecule has 1 aliphatic heterocycles. The van der Waals surface area contributed by atoms with Crippen molar-refractivity contribution in [3.8, 4) is 17.1 Å². The largest absolute Gasteiger partial charge is 0.416 e. The molecule has 0 aliphatic carbocycles. The summed E-state index contributed by atoms with van der Waals surface area (Å²) in [5.74, 6) is 0.488. The monoisotopic (exact) mass is 433 g/mol. The van der Waals surface area contributed by atoms with Gasteiger partial charge in [-0.1, -0.05) is 17.8 Å². The molecule has 0 N–H and O–H groups in total. The van der Waals surface area contributed by atoms with Crippen molar-refractivity contribution < 1.29 is 18.0 Å². The van der Waals surface area contributed by atoms with Crippen molar-refractivity contribution in [2.24, 2.45) is 0 Å². The van der Waals surface area contributed by atoms with Crippen LogP contribution in [0.25, 0.3) is 17.1 Å². The van der Waals surface area contributed by atoms with E-state index in [9.17, 15) is 18.0 Å². The summed E-state index contributed by atoms with van der Waals surface area (Å²) in [5.41, 5.74) is 0.111. The molecule has 1 fully saturated rings. The van der Waals surface area contributed by atoms with Crippen LogP contribution in [-0.4, -0.2) is 49.4 Å². The molecule has 1 amide bonds. The summed E-state index contributed by atoms with van der Waals surface area (Å²) in [6.45, 7) is 1.47. The van der Waals surface area contributed by atoms with E-state index < -0.39 is 11.7 Å². The second kappa shape index (κ2) is 8.47. The van der Waals surface area contributed by atoms with Crippen LogP contribution >= 0.6 is 11.8 Å². The lowest BCUT2D eigenvalue weighted by Crippen LogP contribution is -2.29. The Kier molecular flexibility index (Phi) is 5.76. The first-order chi connectivity index (χ1) is 14.4. The lowest BCUT2D eigenvalue weighted by molar-refractivity contribution is -0.137. The van der Waals surface area contributed by atoms with Crippen LogP contribution in [0.5, 0.6) is 0 Å². The van der Waals surface area contributed by atoms with E-state index in [0.29, 0.717) is 16.5 Å². The van der Waals surface area contributed by atoms with Gasteiger partial charge in [-0.3, -0.25) is 14.3 Å². The molecule has 0 atom stereocenters. The van der Waals surface area contributed by atoms with Gasteiger partial charge in [-0.15, -0.1) is 10.2 Å². The number of pyridine rings is 1. The second-order valence-electron chi connectivity index (χ2n) is 6.81. The number of likely N-dealkylation sites (tertiary alicyclic amines) is 1. The number of rotatable bonds is 5. The van der Waals surface area contributed by atoms with Crippen LogP contribution in [-0.2, 0) is 11.0 Å². The summed E-state index contributed by atoms with van der Waals surface area (Å²) in [6, 6.07) is 8.44. The number of amides is 1. The molecule has 6 nitrogen and oxygen atoms in total. The summed E-state index contributed by atoms with van der Waals surface area (Å²) in [6.07, 6.45) is 0.665. The number of halogens is 3. The fourth-order valence-corrected chi connectivity index (χ4v) is 4.14. The second-order valence-corrected chi connectivity index (χ2v) is 7.75. The minimum Gasteiger partial charge on any atom is -0.342 e. The number of benzene rings is 1. The Labute approximate surface area is 175 Å². The molecule has 0 bridgehead atoms. The highest BCUT2D eigenvalue weighted by Gasteiger charge is 2.31. The molecule has 0 spiro atoms. The molecule has 0 radical (unpaired) electrons. The SMILES string of the molecule is O=C(CSc1nnc(-c2cccnc2)n1-c1cccc(C(F)(F)F)c1)N1CCCC1. The van der Waals surface area contributed by atoms with Crippen LogP contribution in [0.1, 0.15) is 18.4 Å². The summed E-state index contributed by atoms with van der Waals surface area (Å²) in [7, 11) is 0. The lowest BCUT2D eigenvalue weighted by Gasteiger charge is -2.15. The van der Waals surface area contributed by atoms with Crippen LogP contribution in [0.15, 0.2) is 53.9 Å². The Bertz CT molecular complexity index is 1030. The quantitative estimate of drug-likeness (QED) is 0.568. The van der Waals surface area contributed by atoms with E-state index in [0.717, 1.165) is 49.8 Å². The molecule has 3 aromatic rings. The first-order valence-corrected chi connectivity index (χ1v) is 10.4. The third-order valence-corrected chi connectivity index (χ3v) is 5.68. The normalized spacial score (nSPS) is 14.3. The number of aromatic nitrogens is 4. The van der Waals surface area contributed by atoms with Gasteiger partial charge in [0, 0.05) is 31.0 Å². The Morgan fingerprint density at radius 3 is 2.60 bits per heavy atom. The van der Waals surface area contributed by atoms with E-state index in [2.05, 4.69) is 15.2 Å². The highest BCUT2D eigenvalue weighted by molar-refractivity contribution is 7.99. The predicted molar refractivity (Wildman–Crippen MR) is 106 cm³/mol. The smallest absolute Gasteiger partial charge is 0.342 e. The lowest BCUT2D eigenvalue weighted by atomic mass is 10.2. The minimum atomic E-state index is -4.47. The highest BCUT2D eigenvalue weighted by atomic mass is 32.2. The van der Waals surface area contributed by atoms with Gasteiger partial charge in [0.2, 0.25) is 5.91 Å². The Balaban J connectivity index is 1.71. The zero-order valence-corrected chi connectivity index (χ0v) is 16.7. The molecular weight excluding hydrogens is 415 g/mol. The summed E-state index contributed by atoms with van der Waals surface area (Å²) < 4.78 is 41.3. The maximum Gasteiger partial charge on any atom is 0.416 e. The Hall–Kier alpha value is -2.88. The number of nitrogens with zero attached hydrogens (tertiary/aromatic N) is 5. The first kappa shape index (κ1) is 20.4. The van der Waals surface area contributed by atoms with E-state index in [1.165, 1.54) is 10.6 Å². The van der Waals surface area contributed by atoms with Gasteiger partial charge < -0.3 is 4.90 Å². The average Bonchev–Trinajstić information content (AvgIpc) is 3.42. The number of carbonyl (C=O) groups excluding carboxylic acids is 1. The van der Waals surface area contributed by atoms with Gasteiger partial charge in [-0.2, -0.15) is 13.2 Å². The fourth-order valence-electron chi connectivity index (χ4n) is 3.28. The number of hydrogen-bond acceptors (Lipinski definition) is 5. The molecule has 2 aromatic heterocycles. The topological polar surface area (TPSA) is 63.9 Å². The molecule has 1 aromatic carbocycles. The zero-order chi connectivity index (χ0) is 21.1. The molecule has 156 valence electrons. The van der Waals surface area contributed by atoms with E-state index >= 15 is 0 Å². The molecular formula is C20H18F3N5OS. The van der Waals surface area contributed by atoms with Crippen molar-refractivity contribution in [2.45, 2.75) is 24.2 Å². The molecule has 4 rings (SSSR count). The maximum absolute atomic E-state index is 13.3. The summed E-state index contributed by atoms with van der Waals surface area (Å²) in [5, 5.41) is 8.68. The maximum atomic E-state index is 13.3. The van der Waals surface area contributed by atoms with Gasteiger partial charge in [-0.25, -0.2) is 0 Å². The Morgan fingerprint density at radius 2 is 1.90 bits per heavy atom. The zero-order valence-electron chi connectivity index (χ0n) is 15.8. The average molecular weight is 433 g/mol. The summed E-state index contributed by atoms with van der Waals surface area (Å²) >= 11 is 1.16. The molecule has 1 aliphatic rings. The van der Waals surface area contributed by atoms with E-state index in [4.69, 9.17) is 0 Å². The van der Waals surface area contributed by atoms with Gasteiger partial charge in [0.1, 0.15) is 0 Å². The minimum absolute atomic E-state index is 0.0148. The molecule has 30 heavy (non-hydrogen) atoms. The number of hydrogen-bond donors (Lipinski definition) is 0. The first-order valence-electron chi connectivity index (χ1n) is 9.37. The summed E-state index contributed by atoms with van der Waals surface area (Å²) in [4.78, 5) is 18.3. The van der Waals surface area contributed by atoms with E-state index in [-0.39, 0.29) is 17.3 Å². The van der Waals surface area contributed by atoms with Crippen LogP contribution in [0, 0.1) is 0 Å². The van der Waals surface area contributed by atoms with Crippen LogP contribution in [0.3, 0.4) is 0 Å². The van der Waals surface area contributed by atoms with Crippen molar-refractivity contribution >= 4 is 17.7 Å². The van der Waals surface area contributed by atoms with Crippen molar-refractivity contribution in [3.05, 3.63) is 54.4 Å². The molecule has 3 heterocycles. The highest BCUT2D eigenvalue weighted by Crippen LogP contribution is 2.33. The third-order valence-electron chi connectivity index (χ3n) is 4.77. The van der Waals surface area contributed by atoms with Crippen LogP contribution < -0.4 is 0 Å². The van der Waals surface area contributed by atoms with Crippen LogP contribution in [0.2, 0.25) is 0 Å². The van der Waals surface area contributed by atoms with Crippen molar-refractivity contribution in [1.29, 1.82) is 0 Å². The van der Waals surface area contributed by atoms with Crippen molar-refractivity contribution in [3.63, 3.8) is 0 Å². The Morgan fingerprint density at radius 1 is 1.10 bits per heavy atom. The predicted octanol–water partition coefficient (Wildman–Crippen LogP) is 4.06. The van der Waals surface area contributed by atoms with Gasteiger partial charge in [0.25, 0.3) is 0 Å². The van der Waals surface area contributed by atoms with Gasteiger partial charge in [0.15, 0.2) is 11.0 Å². The van der Waals surface area contributed by atoms with E-state index in [1.807, 2.05) is 0 Å². The number of thioether (sulfide) groups is 1. The van der Waals surface area contributed by atoms with Crippen molar-refractivity contribution in [2.75, 3.05) is 18.8 Å². The van der Waals surface area contributed by atoms with Gasteiger partial charge in [0.05, 0.1) is 17.0 Å². The molecule has 1 saturated heterocycles. The molecule has 0 saturated carbocycles. The van der Waals surface area contributed by atoms with Crippen molar-refractivity contribution in [1.82, 2.24) is 24.6 Å². The molecule has 10 heteroatoms. The van der Waals surface area contributed by atoms with E-state index in [1.54, 1.807) is 35.5 Å². The van der Waals surface area contributed by atoms with Gasteiger partial charge in [-0.05, 0) is 43.2 Å². The van der Waals surface area contributed by atoms with Crippen LogP contribution in [0.4, 0.5) is 13.2 Å². The fraction of sp³-hybridized carbons (Fsp3) is 0.300. The number of alkyl halides is 3. The van der Waals surface area contributed by atoms with Gasteiger partial charge >= 0.3 is 6.18 Å². The molecule has 0 unspecified atom stereocenters. The number of carbonyl (C=O) groups is 1.